The number of carbonyl (C=O) groups is 1. The third-order valence-electron chi connectivity index (χ3n) is 3.96. The Bertz CT molecular complexity index is 563. The zero-order chi connectivity index (χ0) is 17.2. The third-order valence-corrected chi connectivity index (χ3v) is 3.96. The van der Waals surface area contributed by atoms with E-state index in [1.807, 2.05) is 39.6 Å². The van der Waals surface area contributed by atoms with Crippen LogP contribution in [-0.4, -0.2) is 47.8 Å². The highest BCUT2D eigenvalue weighted by Gasteiger charge is 2.29. The fourth-order valence-electron chi connectivity index (χ4n) is 2.71. The van der Waals surface area contributed by atoms with Crippen molar-refractivity contribution in [2.45, 2.75) is 52.2 Å². The first-order chi connectivity index (χ1) is 10.7. The van der Waals surface area contributed by atoms with Crippen molar-refractivity contribution in [2.75, 3.05) is 25.0 Å². The fourth-order valence-corrected chi connectivity index (χ4v) is 2.71. The summed E-state index contributed by atoms with van der Waals surface area (Å²) in [7, 11) is 1.86. The van der Waals surface area contributed by atoms with Gasteiger partial charge in [0.1, 0.15) is 5.60 Å². The van der Waals surface area contributed by atoms with Crippen molar-refractivity contribution in [1.82, 2.24) is 9.88 Å². The van der Waals surface area contributed by atoms with Crippen LogP contribution >= 0.6 is 0 Å². The number of ether oxygens (including phenoxy) is 1. The topological polar surface area (TPSA) is 45.7 Å². The smallest absolute Gasteiger partial charge is 0.410 e. The molecule has 23 heavy (non-hydrogen) atoms. The van der Waals surface area contributed by atoms with Gasteiger partial charge in [0.2, 0.25) is 0 Å². The van der Waals surface area contributed by atoms with E-state index in [1.165, 1.54) is 6.07 Å². The molecular weight excluding hydrogens is 297 g/mol. The van der Waals surface area contributed by atoms with Gasteiger partial charge in [0.15, 0.2) is 11.6 Å². The van der Waals surface area contributed by atoms with Gasteiger partial charge in [-0.05, 0) is 52.7 Å². The van der Waals surface area contributed by atoms with Crippen molar-refractivity contribution in [3.63, 3.8) is 0 Å². The first kappa shape index (κ1) is 17.5. The minimum Gasteiger partial charge on any atom is -0.444 e. The van der Waals surface area contributed by atoms with Gasteiger partial charge in [-0.25, -0.2) is 14.2 Å². The van der Waals surface area contributed by atoms with Crippen molar-refractivity contribution in [1.29, 1.82) is 0 Å². The predicted octanol–water partition coefficient (Wildman–Crippen LogP) is 3.36. The molecule has 0 radical (unpaired) electrons. The van der Waals surface area contributed by atoms with Crippen molar-refractivity contribution >= 4 is 11.9 Å². The van der Waals surface area contributed by atoms with E-state index in [-0.39, 0.29) is 18.0 Å². The van der Waals surface area contributed by atoms with Crippen LogP contribution in [0.15, 0.2) is 12.1 Å². The van der Waals surface area contributed by atoms with Gasteiger partial charge in [0, 0.05) is 31.9 Å². The summed E-state index contributed by atoms with van der Waals surface area (Å²) in [5.74, 6) is 0.0633. The number of amides is 1. The van der Waals surface area contributed by atoms with Crippen molar-refractivity contribution in [3.05, 3.63) is 23.6 Å². The maximum absolute atomic E-state index is 14.0. The first-order valence-electron chi connectivity index (χ1n) is 8.01. The van der Waals surface area contributed by atoms with Crippen molar-refractivity contribution < 1.29 is 13.9 Å². The molecule has 0 N–H and O–H groups in total. The molecule has 1 aliphatic heterocycles. The molecule has 2 rings (SSSR count). The number of anilines is 1. The second-order valence-corrected chi connectivity index (χ2v) is 7.07. The van der Waals surface area contributed by atoms with Crippen LogP contribution in [0.3, 0.4) is 0 Å². The molecule has 6 heteroatoms. The van der Waals surface area contributed by atoms with Gasteiger partial charge >= 0.3 is 6.09 Å². The second-order valence-electron chi connectivity index (χ2n) is 7.07. The molecule has 1 aliphatic rings. The van der Waals surface area contributed by atoms with Gasteiger partial charge in [0.05, 0.1) is 0 Å². The molecule has 1 aromatic rings. The summed E-state index contributed by atoms with van der Waals surface area (Å²) in [4.78, 5) is 20.0. The zero-order valence-corrected chi connectivity index (χ0v) is 14.6. The lowest BCUT2D eigenvalue weighted by Gasteiger charge is -2.37. The van der Waals surface area contributed by atoms with Crippen LogP contribution in [0.1, 0.15) is 39.3 Å². The van der Waals surface area contributed by atoms with Gasteiger partial charge in [-0.1, -0.05) is 0 Å². The largest absolute Gasteiger partial charge is 0.444 e. The van der Waals surface area contributed by atoms with Crippen LogP contribution < -0.4 is 4.90 Å². The first-order valence-corrected chi connectivity index (χ1v) is 8.01. The van der Waals surface area contributed by atoms with Crippen molar-refractivity contribution in [2.24, 2.45) is 0 Å². The Morgan fingerprint density at radius 1 is 1.35 bits per heavy atom. The summed E-state index contributed by atoms with van der Waals surface area (Å²) < 4.78 is 19.4. The summed E-state index contributed by atoms with van der Waals surface area (Å²) in [6.45, 7) is 8.64. The Morgan fingerprint density at radius 2 is 1.96 bits per heavy atom. The highest BCUT2D eigenvalue weighted by atomic mass is 19.1. The quantitative estimate of drug-likeness (QED) is 0.837. The number of nitrogens with zero attached hydrogens (tertiary/aromatic N) is 3. The van der Waals surface area contributed by atoms with Gasteiger partial charge < -0.3 is 14.5 Å². The molecule has 5 nitrogen and oxygen atoms in total. The van der Waals surface area contributed by atoms with E-state index in [0.29, 0.717) is 18.9 Å². The van der Waals surface area contributed by atoms with Crippen LogP contribution in [-0.2, 0) is 4.74 Å². The van der Waals surface area contributed by atoms with E-state index < -0.39 is 5.60 Å². The van der Waals surface area contributed by atoms with Gasteiger partial charge in [0.25, 0.3) is 0 Å². The Balaban J connectivity index is 1.96. The summed E-state index contributed by atoms with van der Waals surface area (Å²) in [5.41, 5.74) is 0.304. The van der Waals surface area contributed by atoms with E-state index in [1.54, 1.807) is 11.0 Å². The average Bonchev–Trinajstić information content (AvgIpc) is 2.47. The number of piperidine rings is 1. The van der Waals surface area contributed by atoms with Crippen LogP contribution in [0.25, 0.3) is 0 Å². The van der Waals surface area contributed by atoms with E-state index >= 15 is 0 Å². The molecule has 1 saturated heterocycles. The fraction of sp³-hybridized carbons (Fsp3) is 0.647. The molecule has 0 unspecified atom stereocenters. The summed E-state index contributed by atoms with van der Waals surface area (Å²) in [5, 5.41) is 0. The molecule has 2 heterocycles. The van der Waals surface area contributed by atoms with Crippen LogP contribution in [0.2, 0.25) is 0 Å². The number of pyridine rings is 1. The monoisotopic (exact) mass is 323 g/mol. The van der Waals surface area contributed by atoms with Crippen LogP contribution in [0.4, 0.5) is 15.0 Å². The lowest BCUT2D eigenvalue weighted by atomic mass is 10.0. The molecule has 0 atom stereocenters. The van der Waals surface area contributed by atoms with Crippen molar-refractivity contribution in [3.8, 4) is 0 Å². The number of carbonyl (C=O) groups excluding carboxylic acids is 1. The Hall–Kier alpha value is -1.85. The molecule has 0 aromatic carbocycles. The van der Waals surface area contributed by atoms with E-state index in [0.717, 1.165) is 18.5 Å². The Morgan fingerprint density at radius 3 is 2.52 bits per heavy atom. The van der Waals surface area contributed by atoms with E-state index in [4.69, 9.17) is 4.74 Å². The maximum atomic E-state index is 14.0. The number of likely N-dealkylation sites (tertiary alicyclic amines) is 1. The highest BCUT2D eigenvalue weighted by molar-refractivity contribution is 5.68. The second kappa shape index (κ2) is 6.72. The predicted molar refractivity (Wildman–Crippen MR) is 88.2 cm³/mol. The molecular formula is C17H26FN3O2. The van der Waals surface area contributed by atoms with E-state index in [2.05, 4.69) is 4.98 Å². The number of hydrogen-bond acceptors (Lipinski definition) is 4. The number of aromatic nitrogens is 1. The van der Waals surface area contributed by atoms with Crippen LogP contribution in [0.5, 0.6) is 0 Å². The minimum absolute atomic E-state index is 0.164. The SMILES string of the molecule is Cc1ccc(F)c(N(C)C2CCN(C(=O)OC(C)(C)C)CC2)n1. The van der Waals surface area contributed by atoms with E-state index in [9.17, 15) is 9.18 Å². The van der Waals surface area contributed by atoms with Gasteiger partial charge in [-0.15, -0.1) is 0 Å². The number of aryl methyl sites for hydroxylation is 1. The molecule has 1 aromatic heterocycles. The molecule has 0 spiro atoms. The highest BCUT2D eigenvalue weighted by Crippen LogP contribution is 2.24. The minimum atomic E-state index is -0.487. The van der Waals surface area contributed by atoms with Crippen LogP contribution in [0, 0.1) is 12.7 Å². The van der Waals surface area contributed by atoms with Gasteiger partial charge in [-0.2, -0.15) is 0 Å². The summed E-state index contributed by atoms with van der Waals surface area (Å²) >= 11 is 0. The molecule has 1 fully saturated rings. The molecule has 128 valence electrons. The lowest BCUT2D eigenvalue weighted by molar-refractivity contribution is 0.0205. The van der Waals surface area contributed by atoms with Gasteiger partial charge in [-0.3, -0.25) is 0 Å². The molecule has 0 bridgehead atoms. The molecule has 1 amide bonds. The third kappa shape index (κ3) is 4.56. The number of halogens is 1. The number of rotatable bonds is 2. The Kier molecular flexibility index (Phi) is 5.12. The summed E-state index contributed by atoms with van der Waals surface area (Å²) in [6.07, 6.45) is 1.26. The zero-order valence-electron chi connectivity index (χ0n) is 14.6. The lowest BCUT2D eigenvalue weighted by Crippen LogP contribution is -2.47. The maximum Gasteiger partial charge on any atom is 0.410 e. The average molecular weight is 323 g/mol. The summed E-state index contributed by atoms with van der Waals surface area (Å²) in [6, 6.07) is 3.28. The molecule has 0 aliphatic carbocycles. The normalized spacial score (nSPS) is 16.3. The Labute approximate surface area is 137 Å². The molecule has 0 saturated carbocycles. The number of hydrogen-bond donors (Lipinski definition) is 0. The standard InChI is InChI=1S/C17H26FN3O2/c1-12-6-7-14(18)15(19-12)20(5)13-8-10-21(11-9-13)16(22)23-17(2,3)4/h6-7,13H,8-11H2,1-5H3.